The average Bonchev–Trinajstić information content (AvgIpc) is 3.13. The normalized spacial score (nSPS) is 14.0. The molecule has 0 unspecified atom stereocenters. The highest BCUT2D eigenvalue weighted by molar-refractivity contribution is 7.90. The minimum absolute atomic E-state index is 0. The average molecular weight is 582 g/mol. The molecule has 0 aliphatic heterocycles. The van der Waals surface area contributed by atoms with Crippen LogP contribution in [0.4, 0.5) is 22.0 Å². The number of rotatable bonds is 6. The van der Waals surface area contributed by atoms with Crippen LogP contribution in [-0.2, 0) is 22.7 Å². The minimum atomic E-state index is -4.79. The molecule has 2 aromatic carbocycles. The van der Waals surface area contributed by atoms with Crippen LogP contribution in [0.5, 0.6) is 0 Å². The van der Waals surface area contributed by atoms with Gasteiger partial charge in [-0.25, -0.2) is 21.9 Å². The zero-order chi connectivity index (χ0) is 28.1. The second-order valence-corrected chi connectivity index (χ2v) is 11.2. The predicted molar refractivity (Wildman–Crippen MR) is 139 cm³/mol. The number of fused-ring (bicyclic) bond motifs is 1. The van der Waals surface area contributed by atoms with Crippen molar-refractivity contribution in [3.63, 3.8) is 0 Å². The summed E-state index contributed by atoms with van der Waals surface area (Å²) in [5.74, 6) is -2.89. The maximum atomic E-state index is 14.7. The van der Waals surface area contributed by atoms with Crippen molar-refractivity contribution in [3.8, 4) is 11.1 Å². The number of halogens is 5. The summed E-state index contributed by atoms with van der Waals surface area (Å²) in [6.07, 6.45) is -2.24. The van der Waals surface area contributed by atoms with E-state index in [1.807, 2.05) is 4.72 Å². The number of hydrogen-bond acceptors (Lipinski definition) is 4. The highest BCUT2D eigenvalue weighted by Gasteiger charge is 2.36. The standard InChI is InChI=1S/C26H20F5N3O4S.CH4/c27-16-7-8-20(28)14(11-16)13-34-21-9-6-15(26(29,30)31)12-19(21)22(18-5-2-10-32-24(18)35)23(34)25(36)33-39(37,38)17-3-1-4-17;/h2,5-12,17H,1,3-4,13H2,(H,32,35)(H,33,36);1H4. The summed E-state index contributed by atoms with van der Waals surface area (Å²) in [6.45, 7) is -0.553. The van der Waals surface area contributed by atoms with Gasteiger partial charge in [-0.15, -0.1) is 0 Å². The molecule has 2 aromatic heterocycles. The van der Waals surface area contributed by atoms with Crippen LogP contribution in [0, 0.1) is 11.6 Å². The maximum Gasteiger partial charge on any atom is 0.416 e. The van der Waals surface area contributed by atoms with Gasteiger partial charge >= 0.3 is 6.18 Å². The Kier molecular flexibility index (Phi) is 7.63. The topological polar surface area (TPSA) is 101 Å². The highest BCUT2D eigenvalue weighted by atomic mass is 32.2. The highest BCUT2D eigenvalue weighted by Crippen LogP contribution is 2.39. The molecule has 0 atom stereocenters. The molecule has 1 aliphatic rings. The smallest absolute Gasteiger partial charge is 0.331 e. The van der Waals surface area contributed by atoms with Crippen LogP contribution >= 0.6 is 0 Å². The number of amides is 1. The number of sulfonamides is 1. The first-order valence-electron chi connectivity index (χ1n) is 11.8. The SMILES string of the molecule is C.O=C(NS(=O)(=O)C1CCC1)c1c(-c2ccc[nH]c2=O)c2cc(C(F)(F)F)ccc2n1Cc1cc(F)ccc1F. The van der Waals surface area contributed by atoms with E-state index in [0.717, 1.165) is 41.0 Å². The zero-order valence-electron chi connectivity index (χ0n) is 20.0. The fourth-order valence-electron chi connectivity index (χ4n) is 4.60. The molecule has 2 heterocycles. The van der Waals surface area contributed by atoms with Gasteiger partial charge < -0.3 is 9.55 Å². The van der Waals surface area contributed by atoms with Gasteiger partial charge in [0.25, 0.3) is 11.5 Å². The Hall–Kier alpha value is -4.00. The lowest BCUT2D eigenvalue weighted by molar-refractivity contribution is -0.137. The number of pyridine rings is 1. The van der Waals surface area contributed by atoms with Gasteiger partial charge in [-0.2, -0.15) is 13.2 Å². The number of alkyl halides is 3. The Bertz CT molecular complexity index is 1770. The van der Waals surface area contributed by atoms with E-state index in [1.165, 1.54) is 18.3 Å². The van der Waals surface area contributed by atoms with Crippen molar-refractivity contribution in [2.24, 2.45) is 0 Å². The van der Waals surface area contributed by atoms with Crippen molar-refractivity contribution in [2.75, 3.05) is 0 Å². The number of benzene rings is 2. The predicted octanol–water partition coefficient (Wildman–Crippen LogP) is 5.59. The minimum Gasteiger partial charge on any atom is -0.331 e. The van der Waals surface area contributed by atoms with Gasteiger partial charge in [-0.1, -0.05) is 13.8 Å². The number of nitrogens with zero attached hydrogens (tertiary/aromatic N) is 1. The Morgan fingerprint density at radius 1 is 1.07 bits per heavy atom. The summed E-state index contributed by atoms with van der Waals surface area (Å²) in [5.41, 5.74) is -3.13. The van der Waals surface area contributed by atoms with E-state index in [-0.39, 0.29) is 35.0 Å². The van der Waals surface area contributed by atoms with Gasteiger partial charge in [0, 0.05) is 33.8 Å². The molecule has 1 fully saturated rings. The number of nitrogens with one attached hydrogen (secondary N) is 2. The van der Waals surface area contributed by atoms with E-state index in [2.05, 4.69) is 4.98 Å². The van der Waals surface area contributed by atoms with Gasteiger partial charge in [-0.3, -0.25) is 9.59 Å². The largest absolute Gasteiger partial charge is 0.416 e. The lowest BCUT2D eigenvalue weighted by Gasteiger charge is -2.25. The van der Waals surface area contributed by atoms with E-state index < -0.39 is 62.4 Å². The number of aromatic nitrogens is 2. The fraction of sp³-hybridized carbons (Fsp3) is 0.259. The molecule has 40 heavy (non-hydrogen) atoms. The molecule has 1 amide bonds. The van der Waals surface area contributed by atoms with Crippen LogP contribution in [0.25, 0.3) is 22.0 Å². The molecular formula is C27H24F5N3O4S. The van der Waals surface area contributed by atoms with E-state index in [0.29, 0.717) is 19.3 Å². The summed E-state index contributed by atoms with van der Waals surface area (Å²) in [4.78, 5) is 28.8. The number of aromatic amines is 1. The molecule has 1 aliphatic carbocycles. The third-order valence-electron chi connectivity index (χ3n) is 6.76. The number of carbonyl (C=O) groups excluding carboxylic acids is 1. The first-order chi connectivity index (χ1) is 18.4. The Morgan fingerprint density at radius 3 is 2.42 bits per heavy atom. The molecule has 4 aromatic rings. The first kappa shape index (κ1) is 29.0. The quantitative estimate of drug-likeness (QED) is 0.290. The van der Waals surface area contributed by atoms with Crippen LogP contribution in [0.15, 0.2) is 59.5 Å². The summed E-state index contributed by atoms with van der Waals surface area (Å²) < 4.78 is 98.3. The second kappa shape index (κ2) is 10.5. The lowest BCUT2D eigenvalue weighted by Crippen LogP contribution is -2.42. The monoisotopic (exact) mass is 581 g/mol. The molecule has 1 saturated carbocycles. The molecule has 0 radical (unpaired) electrons. The van der Waals surface area contributed by atoms with Crippen LogP contribution in [0.3, 0.4) is 0 Å². The second-order valence-electron chi connectivity index (χ2n) is 9.22. The summed E-state index contributed by atoms with van der Waals surface area (Å²) >= 11 is 0. The van der Waals surface area contributed by atoms with E-state index in [1.54, 1.807) is 0 Å². The molecule has 7 nitrogen and oxygen atoms in total. The van der Waals surface area contributed by atoms with Crippen LogP contribution < -0.4 is 10.3 Å². The molecule has 0 saturated heterocycles. The maximum absolute atomic E-state index is 14.7. The van der Waals surface area contributed by atoms with Crippen molar-refractivity contribution >= 4 is 26.8 Å². The Balaban J connectivity index is 0.00000370. The van der Waals surface area contributed by atoms with Crippen LogP contribution in [-0.4, -0.2) is 29.1 Å². The molecule has 5 rings (SSSR count). The summed E-state index contributed by atoms with van der Waals surface area (Å²) in [7, 11) is -4.17. The molecule has 13 heteroatoms. The molecule has 212 valence electrons. The molecule has 0 spiro atoms. The van der Waals surface area contributed by atoms with Gasteiger partial charge in [-0.05, 0) is 61.4 Å². The van der Waals surface area contributed by atoms with Crippen LogP contribution in [0.1, 0.15) is 48.3 Å². The molecular weight excluding hydrogens is 557 g/mol. The van der Waals surface area contributed by atoms with Gasteiger partial charge in [0.15, 0.2) is 0 Å². The lowest BCUT2D eigenvalue weighted by atomic mass is 10.0. The summed E-state index contributed by atoms with van der Waals surface area (Å²) in [5, 5.41) is -1.04. The zero-order valence-corrected chi connectivity index (χ0v) is 20.8. The number of carbonyl (C=O) groups is 1. The molecule has 2 N–H and O–H groups in total. The molecule has 0 bridgehead atoms. The van der Waals surface area contributed by atoms with Crippen molar-refractivity contribution in [1.82, 2.24) is 14.3 Å². The third kappa shape index (κ3) is 5.25. The first-order valence-corrected chi connectivity index (χ1v) is 13.3. The van der Waals surface area contributed by atoms with E-state index in [4.69, 9.17) is 0 Å². The van der Waals surface area contributed by atoms with Crippen molar-refractivity contribution in [2.45, 2.75) is 44.7 Å². The Labute approximate surface area is 225 Å². The van der Waals surface area contributed by atoms with Gasteiger partial charge in [0.05, 0.1) is 17.4 Å². The summed E-state index contributed by atoms with van der Waals surface area (Å²) in [6, 6.07) is 7.72. The number of H-pyrrole nitrogens is 1. The third-order valence-corrected chi connectivity index (χ3v) is 8.57. The number of hydrogen-bond donors (Lipinski definition) is 2. The van der Waals surface area contributed by atoms with E-state index >= 15 is 0 Å². The van der Waals surface area contributed by atoms with Crippen molar-refractivity contribution in [3.05, 3.63) is 93.5 Å². The van der Waals surface area contributed by atoms with Crippen molar-refractivity contribution in [1.29, 1.82) is 0 Å². The van der Waals surface area contributed by atoms with Gasteiger partial charge in [0.1, 0.15) is 17.3 Å². The van der Waals surface area contributed by atoms with Crippen LogP contribution in [0.2, 0.25) is 0 Å². The van der Waals surface area contributed by atoms with Gasteiger partial charge in [0.2, 0.25) is 10.0 Å². The fourth-order valence-corrected chi connectivity index (χ4v) is 6.07. The van der Waals surface area contributed by atoms with E-state index in [9.17, 15) is 40.0 Å². The Morgan fingerprint density at radius 2 is 1.80 bits per heavy atom. The van der Waals surface area contributed by atoms with Crippen molar-refractivity contribution < 1.29 is 35.2 Å².